The third-order valence-corrected chi connectivity index (χ3v) is 6.75. The molecule has 0 saturated carbocycles. The molecule has 2 atom stereocenters. The second-order valence-corrected chi connectivity index (χ2v) is 9.04. The van der Waals surface area contributed by atoms with Gasteiger partial charge in [-0.2, -0.15) is 0 Å². The van der Waals surface area contributed by atoms with Crippen LogP contribution in [0.25, 0.3) is 11.1 Å². The van der Waals surface area contributed by atoms with Gasteiger partial charge in [-0.1, -0.05) is 48.5 Å². The minimum atomic E-state index is -2.94. The van der Waals surface area contributed by atoms with E-state index in [9.17, 15) is 23.2 Å². The molecule has 1 aliphatic carbocycles. The predicted octanol–water partition coefficient (Wildman–Crippen LogP) is 4.26. The highest BCUT2D eigenvalue weighted by molar-refractivity contribution is 5.80. The number of halogens is 2. The number of carboxylic acids is 1. The zero-order valence-corrected chi connectivity index (χ0v) is 19.2. The first-order valence-corrected chi connectivity index (χ1v) is 11.7. The van der Waals surface area contributed by atoms with Crippen LogP contribution in [0.2, 0.25) is 0 Å². The van der Waals surface area contributed by atoms with Gasteiger partial charge in [0.05, 0.1) is 6.42 Å². The van der Waals surface area contributed by atoms with E-state index >= 15 is 0 Å². The molecule has 35 heavy (non-hydrogen) atoms. The lowest BCUT2D eigenvalue weighted by Crippen LogP contribution is -2.44. The van der Waals surface area contributed by atoms with Crippen LogP contribution in [-0.2, 0) is 14.3 Å². The summed E-state index contributed by atoms with van der Waals surface area (Å²) in [6, 6.07) is 13.9. The first-order chi connectivity index (χ1) is 16.8. The molecule has 1 saturated heterocycles. The van der Waals surface area contributed by atoms with E-state index in [1.807, 2.05) is 48.5 Å². The van der Waals surface area contributed by atoms with Crippen LogP contribution in [0, 0.1) is 5.92 Å². The van der Waals surface area contributed by atoms with Gasteiger partial charge in [0.15, 0.2) is 0 Å². The average Bonchev–Trinajstić information content (AvgIpc) is 3.44. The number of amides is 2. The van der Waals surface area contributed by atoms with Crippen molar-refractivity contribution in [2.45, 2.75) is 44.1 Å². The van der Waals surface area contributed by atoms with Gasteiger partial charge in [-0.15, -0.1) is 0 Å². The standard InChI is InChI=1S/C26H28F2N2O5/c27-25(28)22(13-23(31)30-12-11-16(14-30)9-10-24(32)33)29-26(34)35-15-21-19-7-3-1-5-17(19)18-6-2-4-8-20(18)21/h1-8,16,21-22,25H,9-15H2,(H,29,34)(H,32,33). The number of aliphatic carboxylic acids is 1. The third-order valence-electron chi connectivity index (χ3n) is 6.75. The first kappa shape index (κ1) is 24.6. The molecule has 4 rings (SSSR count). The third kappa shape index (κ3) is 5.78. The van der Waals surface area contributed by atoms with Gasteiger partial charge in [0.2, 0.25) is 5.91 Å². The molecule has 186 valence electrons. The molecule has 0 bridgehead atoms. The molecule has 2 amide bonds. The average molecular weight is 487 g/mol. The number of hydrogen-bond donors (Lipinski definition) is 2. The molecule has 1 heterocycles. The highest BCUT2D eigenvalue weighted by Crippen LogP contribution is 2.44. The lowest BCUT2D eigenvalue weighted by Gasteiger charge is -2.22. The molecule has 0 aromatic heterocycles. The summed E-state index contributed by atoms with van der Waals surface area (Å²) in [5, 5.41) is 11.0. The lowest BCUT2D eigenvalue weighted by molar-refractivity contribution is -0.137. The highest BCUT2D eigenvalue weighted by Gasteiger charge is 2.33. The van der Waals surface area contributed by atoms with Crippen LogP contribution in [0.3, 0.4) is 0 Å². The van der Waals surface area contributed by atoms with Crippen LogP contribution in [0.15, 0.2) is 48.5 Å². The summed E-state index contributed by atoms with van der Waals surface area (Å²) in [5.74, 6) is -1.56. The van der Waals surface area contributed by atoms with Crippen LogP contribution in [0.5, 0.6) is 0 Å². The Morgan fingerprint density at radius 1 is 1.06 bits per heavy atom. The Bertz CT molecular complexity index is 1050. The monoisotopic (exact) mass is 486 g/mol. The van der Waals surface area contributed by atoms with E-state index in [2.05, 4.69) is 5.32 Å². The lowest BCUT2D eigenvalue weighted by atomic mass is 9.98. The predicted molar refractivity (Wildman–Crippen MR) is 124 cm³/mol. The van der Waals surface area contributed by atoms with Crippen LogP contribution in [-0.4, -0.2) is 60.1 Å². The molecule has 7 nitrogen and oxygen atoms in total. The van der Waals surface area contributed by atoms with Gasteiger partial charge < -0.3 is 20.1 Å². The number of likely N-dealkylation sites (tertiary alicyclic amines) is 1. The van der Waals surface area contributed by atoms with Gasteiger partial charge in [0.1, 0.15) is 12.6 Å². The number of fused-ring (bicyclic) bond motifs is 3. The van der Waals surface area contributed by atoms with E-state index in [1.54, 1.807) is 0 Å². The zero-order chi connectivity index (χ0) is 24.9. The number of carbonyl (C=O) groups excluding carboxylic acids is 2. The number of hydrogen-bond acceptors (Lipinski definition) is 4. The summed E-state index contributed by atoms with van der Waals surface area (Å²) < 4.78 is 32.6. The minimum absolute atomic E-state index is 0.00962. The van der Waals surface area contributed by atoms with Gasteiger partial charge >= 0.3 is 12.1 Å². The molecular weight excluding hydrogens is 458 g/mol. The quantitative estimate of drug-likeness (QED) is 0.552. The van der Waals surface area contributed by atoms with E-state index in [4.69, 9.17) is 9.84 Å². The maximum absolute atomic E-state index is 13.6. The number of nitrogens with zero attached hydrogens (tertiary/aromatic N) is 1. The van der Waals surface area contributed by atoms with Crippen molar-refractivity contribution in [3.63, 3.8) is 0 Å². The Kier molecular flexibility index (Phi) is 7.63. The van der Waals surface area contributed by atoms with E-state index in [1.165, 1.54) is 4.90 Å². The van der Waals surface area contributed by atoms with Crippen molar-refractivity contribution in [2.24, 2.45) is 5.92 Å². The maximum Gasteiger partial charge on any atom is 0.407 e. The molecule has 2 aliphatic rings. The van der Waals surface area contributed by atoms with Gasteiger partial charge in [0.25, 0.3) is 6.43 Å². The second-order valence-electron chi connectivity index (χ2n) is 9.04. The van der Waals surface area contributed by atoms with E-state index < -0.39 is 36.9 Å². The van der Waals surface area contributed by atoms with Crippen molar-refractivity contribution in [1.82, 2.24) is 10.2 Å². The SMILES string of the molecule is O=C(O)CCC1CCN(C(=O)CC(NC(=O)OCC2c3ccccc3-c3ccccc32)C(F)F)C1. The fourth-order valence-corrected chi connectivity index (χ4v) is 4.93. The zero-order valence-electron chi connectivity index (χ0n) is 19.2. The minimum Gasteiger partial charge on any atom is -0.481 e. The number of benzene rings is 2. The Morgan fingerprint density at radius 3 is 2.29 bits per heavy atom. The molecule has 2 aromatic carbocycles. The molecule has 1 fully saturated rings. The highest BCUT2D eigenvalue weighted by atomic mass is 19.3. The van der Waals surface area contributed by atoms with E-state index in [-0.39, 0.29) is 24.9 Å². The number of carboxylic acid groups (broad SMARTS) is 1. The van der Waals surface area contributed by atoms with Crippen LogP contribution in [0.4, 0.5) is 13.6 Å². The van der Waals surface area contributed by atoms with Gasteiger partial charge in [0, 0.05) is 25.4 Å². The molecule has 0 radical (unpaired) electrons. The van der Waals surface area contributed by atoms with Crippen LogP contribution in [0.1, 0.15) is 42.7 Å². The summed E-state index contributed by atoms with van der Waals surface area (Å²) >= 11 is 0. The fraction of sp³-hybridized carbons (Fsp3) is 0.423. The molecule has 2 aromatic rings. The topological polar surface area (TPSA) is 95.9 Å². The molecular formula is C26H28F2N2O5. The number of alkyl halides is 2. The molecule has 2 unspecified atom stereocenters. The second kappa shape index (κ2) is 10.8. The summed E-state index contributed by atoms with van der Waals surface area (Å²) in [6.45, 7) is 0.720. The molecule has 1 aliphatic heterocycles. The van der Waals surface area contributed by atoms with Crippen molar-refractivity contribution in [2.75, 3.05) is 19.7 Å². The van der Waals surface area contributed by atoms with E-state index in [0.717, 1.165) is 22.3 Å². The largest absolute Gasteiger partial charge is 0.481 e. The number of rotatable bonds is 9. The van der Waals surface area contributed by atoms with Gasteiger partial charge in [-0.25, -0.2) is 13.6 Å². The summed E-state index contributed by atoms with van der Waals surface area (Å²) in [7, 11) is 0. The smallest absolute Gasteiger partial charge is 0.407 e. The van der Waals surface area contributed by atoms with Crippen molar-refractivity contribution < 1.29 is 33.0 Å². The Morgan fingerprint density at radius 2 is 1.69 bits per heavy atom. The molecule has 9 heteroatoms. The number of nitrogens with one attached hydrogen (secondary N) is 1. The Balaban J connectivity index is 1.31. The van der Waals surface area contributed by atoms with E-state index in [0.29, 0.717) is 25.9 Å². The number of carbonyl (C=O) groups is 3. The number of alkyl carbamates (subject to hydrolysis) is 1. The van der Waals surface area contributed by atoms with Crippen LogP contribution < -0.4 is 5.32 Å². The normalized spacial score (nSPS) is 17.7. The van der Waals surface area contributed by atoms with Crippen molar-refractivity contribution >= 4 is 18.0 Å². The Labute approximate surface area is 202 Å². The van der Waals surface area contributed by atoms with Crippen molar-refractivity contribution in [3.8, 4) is 11.1 Å². The van der Waals surface area contributed by atoms with Crippen LogP contribution >= 0.6 is 0 Å². The molecule has 2 N–H and O–H groups in total. The summed E-state index contributed by atoms with van der Waals surface area (Å²) in [5.41, 5.74) is 4.13. The summed E-state index contributed by atoms with van der Waals surface area (Å²) in [4.78, 5) is 37.1. The van der Waals surface area contributed by atoms with Gasteiger partial charge in [-0.3, -0.25) is 9.59 Å². The van der Waals surface area contributed by atoms with Gasteiger partial charge in [-0.05, 0) is 41.0 Å². The van der Waals surface area contributed by atoms with Crippen molar-refractivity contribution in [3.05, 3.63) is 59.7 Å². The number of ether oxygens (including phenoxy) is 1. The molecule has 0 spiro atoms. The summed E-state index contributed by atoms with van der Waals surface area (Å²) in [6.07, 6.45) is -3.40. The first-order valence-electron chi connectivity index (χ1n) is 11.7. The Hall–Kier alpha value is -3.49. The maximum atomic E-state index is 13.6. The van der Waals surface area contributed by atoms with Crippen molar-refractivity contribution in [1.29, 1.82) is 0 Å². The fourth-order valence-electron chi connectivity index (χ4n) is 4.93.